The maximum atomic E-state index is 12.9. The van der Waals surface area contributed by atoms with E-state index in [1.54, 1.807) is 24.3 Å². The van der Waals surface area contributed by atoms with Crippen molar-refractivity contribution >= 4 is 5.91 Å². The molecule has 0 saturated heterocycles. The summed E-state index contributed by atoms with van der Waals surface area (Å²) in [5.41, 5.74) is 3.14. The molecule has 24 heavy (non-hydrogen) atoms. The molecule has 0 saturated carbocycles. The summed E-state index contributed by atoms with van der Waals surface area (Å²) >= 11 is 0. The standard InChI is InChI=1S/C20H17NO3/c22-16-9-8-14-10-11-21(20(23)18-7-4-12-24-18)19(17(14)13-16)15-5-2-1-3-6-15/h1-9,12-13,19,22H,10-11H2. The third-order valence-corrected chi connectivity index (χ3v) is 4.47. The lowest BCUT2D eigenvalue weighted by Gasteiger charge is -2.37. The lowest BCUT2D eigenvalue weighted by atomic mass is 9.88. The molecule has 1 amide bonds. The largest absolute Gasteiger partial charge is 0.508 e. The Bertz CT molecular complexity index is 856. The Morgan fingerprint density at radius 2 is 1.92 bits per heavy atom. The van der Waals surface area contributed by atoms with Gasteiger partial charge in [-0.2, -0.15) is 0 Å². The molecule has 1 aromatic heterocycles. The van der Waals surface area contributed by atoms with Crippen molar-refractivity contribution in [1.82, 2.24) is 4.90 Å². The number of furan rings is 1. The molecule has 1 aliphatic rings. The van der Waals surface area contributed by atoms with Crippen LogP contribution in [0.2, 0.25) is 0 Å². The smallest absolute Gasteiger partial charge is 0.290 e. The van der Waals surface area contributed by atoms with Gasteiger partial charge < -0.3 is 14.4 Å². The van der Waals surface area contributed by atoms with Crippen molar-refractivity contribution in [3.63, 3.8) is 0 Å². The third-order valence-electron chi connectivity index (χ3n) is 4.47. The summed E-state index contributed by atoms with van der Waals surface area (Å²) < 4.78 is 5.30. The summed E-state index contributed by atoms with van der Waals surface area (Å²) in [7, 11) is 0. The van der Waals surface area contributed by atoms with E-state index >= 15 is 0 Å². The highest BCUT2D eigenvalue weighted by atomic mass is 16.3. The van der Waals surface area contributed by atoms with Gasteiger partial charge in [0, 0.05) is 6.54 Å². The molecule has 0 fully saturated rings. The van der Waals surface area contributed by atoms with Crippen molar-refractivity contribution in [3.05, 3.63) is 89.4 Å². The first kappa shape index (κ1) is 14.6. The van der Waals surface area contributed by atoms with Crippen LogP contribution in [0.3, 0.4) is 0 Å². The van der Waals surface area contributed by atoms with E-state index < -0.39 is 0 Å². The van der Waals surface area contributed by atoms with E-state index in [2.05, 4.69) is 0 Å². The zero-order chi connectivity index (χ0) is 16.5. The Morgan fingerprint density at radius 1 is 1.08 bits per heavy atom. The molecule has 2 aromatic carbocycles. The normalized spacial score (nSPS) is 16.7. The minimum Gasteiger partial charge on any atom is -0.508 e. The van der Waals surface area contributed by atoms with Gasteiger partial charge in [-0.05, 0) is 47.4 Å². The number of phenolic OH excluding ortho intramolecular Hbond substituents is 1. The highest BCUT2D eigenvalue weighted by Crippen LogP contribution is 2.37. The minimum atomic E-state index is -0.236. The summed E-state index contributed by atoms with van der Waals surface area (Å²) in [4.78, 5) is 14.7. The highest BCUT2D eigenvalue weighted by molar-refractivity contribution is 5.92. The van der Waals surface area contributed by atoms with Gasteiger partial charge in [0.1, 0.15) is 5.75 Å². The Balaban J connectivity index is 1.83. The second-order valence-corrected chi connectivity index (χ2v) is 5.92. The predicted molar refractivity (Wildman–Crippen MR) is 89.8 cm³/mol. The number of benzene rings is 2. The zero-order valence-electron chi connectivity index (χ0n) is 13.1. The van der Waals surface area contributed by atoms with Crippen molar-refractivity contribution < 1.29 is 14.3 Å². The lowest BCUT2D eigenvalue weighted by Crippen LogP contribution is -2.40. The van der Waals surface area contributed by atoms with E-state index in [0.29, 0.717) is 12.3 Å². The number of nitrogens with zero attached hydrogens (tertiary/aromatic N) is 1. The number of rotatable bonds is 2. The van der Waals surface area contributed by atoms with E-state index in [1.807, 2.05) is 41.3 Å². The molecule has 0 radical (unpaired) electrons. The molecular formula is C20H17NO3. The molecule has 1 atom stereocenters. The lowest BCUT2D eigenvalue weighted by molar-refractivity contribution is 0.0661. The maximum absolute atomic E-state index is 12.9. The molecule has 0 spiro atoms. The molecule has 4 heteroatoms. The van der Waals surface area contributed by atoms with Crippen LogP contribution in [0.5, 0.6) is 5.75 Å². The second kappa shape index (κ2) is 5.89. The molecule has 0 bridgehead atoms. The van der Waals surface area contributed by atoms with Crippen LogP contribution in [-0.4, -0.2) is 22.5 Å². The van der Waals surface area contributed by atoms with Gasteiger partial charge in [-0.25, -0.2) is 0 Å². The number of fused-ring (bicyclic) bond motifs is 1. The predicted octanol–water partition coefficient (Wildman–Crippen LogP) is 3.77. The highest BCUT2D eigenvalue weighted by Gasteiger charge is 2.33. The fourth-order valence-electron chi connectivity index (χ4n) is 3.36. The third kappa shape index (κ3) is 2.46. The van der Waals surface area contributed by atoms with Crippen molar-refractivity contribution in [3.8, 4) is 5.75 Å². The van der Waals surface area contributed by atoms with Gasteiger partial charge in [-0.1, -0.05) is 36.4 Å². The Labute approximate surface area is 140 Å². The van der Waals surface area contributed by atoms with E-state index in [-0.39, 0.29) is 17.7 Å². The number of hydrogen-bond acceptors (Lipinski definition) is 3. The van der Waals surface area contributed by atoms with E-state index in [9.17, 15) is 9.90 Å². The van der Waals surface area contributed by atoms with Crippen LogP contribution >= 0.6 is 0 Å². The van der Waals surface area contributed by atoms with Crippen LogP contribution in [0, 0.1) is 0 Å². The minimum absolute atomic E-state index is 0.136. The van der Waals surface area contributed by atoms with Crippen LogP contribution in [-0.2, 0) is 6.42 Å². The van der Waals surface area contributed by atoms with Gasteiger partial charge >= 0.3 is 0 Å². The number of amides is 1. The number of carbonyl (C=O) groups excluding carboxylic acids is 1. The monoisotopic (exact) mass is 319 g/mol. The van der Waals surface area contributed by atoms with Crippen molar-refractivity contribution in [1.29, 1.82) is 0 Å². The van der Waals surface area contributed by atoms with Gasteiger partial charge in [-0.15, -0.1) is 0 Å². The van der Waals surface area contributed by atoms with Crippen LogP contribution < -0.4 is 0 Å². The Hall–Kier alpha value is -3.01. The summed E-state index contributed by atoms with van der Waals surface area (Å²) in [6.07, 6.45) is 2.26. The SMILES string of the molecule is O=C(c1ccco1)N1CCc2ccc(O)cc2C1c1ccccc1. The Morgan fingerprint density at radius 3 is 2.67 bits per heavy atom. The number of hydrogen-bond donors (Lipinski definition) is 1. The van der Waals surface area contributed by atoms with Gasteiger partial charge in [0.05, 0.1) is 12.3 Å². The number of aromatic hydroxyl groups is 1. The molecule has 1 N–H and O–H groups in total. The van der Waals surface area contributed by atoms with Crippen LogP contribution in [0.15, 0.2) is 71.3 Å². The molecule has 1 aliphatic heterocycles. The summed E-state index contributed by atoms with van der Waals surface area (Å²) in [5, 5.41) is 9.94. The van der Waals surface area contributed by atoms with Crippen molar-refractivity contribution in [2.24, 2.45) is 0 Å². The van der Waals surface area contributed by atoms with Gasteiger partial charge in [0.15, 0.2) is 5.76 Å². The first-order valence-electron chi connectivity index (χ1n) is 7.95. The molecule has 1 unspecified atom stereocenters. The quantitative estimate of drug-likeness (QED) is 0.782. The van der Waals surface area contributed by atoms with Crippen molar-refractivity contribution in [2.45, 2.75) is 12.5 Å². The molecular weight excluding hydrogens is 302 g/mol. The molecule has 120 valence electrons. The molecule has 2 heterocycles. The van der Waals surface area contributed by atoms with Gasteiger partial charge in [0.2, 0.25) is 0 Å². The molecule has 0 aliphatic carbocycles. The van der Waals surface area contributed by atoms with E-state index in [1.165, 1.54) is 6.26 Å². The van der Waals surface area contributed by atoms with Crippen LogP contribution in [0.4, 0.5) is 0 Å². The van der Waals surface area contributed by atoms with Gasteiger partial charge in [-0.3, -0.25) is 4.79 Å². The first-order chi connectivity index (χ1) is 11.7. The number of carbonyl (C=O) groups is 1. The second-order valence-electron chi connectivity index (χ2n) is 5.92. The summed E-state index contributed by atoms with van der Waals surface area (Å²) in [5.74, 6) is 0.407. The fraction of sp³-hybridized carbons (Fsp3) is 0.150. The summed E-state index contributed by atoms with van der Waals surface area (Å²) in [6.45, 7) is 0.608. The molecule has 4 nitrogen and oxygen atoms in total. The van der Waals surface area contributed by atoms with Gasteiger partial charge in [0.25, 0.3) is 5.91 Å². The van der Waals surface area contributed by atoms with Crippen LogP contribution in [0.1, 0.15) is 33.3 Å². The van der Waals surface area contributed by atoms with E-state index in [0.717, 1.165) is 23.1 Å². The fourth-order valence-corrected chi connectivity index (χ4v) is 3.36. The van der Waals surface area contributed by atoms with Crippen molar-refractivity contribution in [2.75, 3.05) is 6.54 Å². The maximum Gasteiger partial charge on any atom is 0.290 e. The average molecular weight is 319 g/mol. The Kier molecular flexibility index (Phi) is 3.58. The number of phenols is 1. The van der Waals surface area contributed by atoms with E-state index in [4.69, 9.17) is 4.42 Å². The van der Waals surface area contributed by atoms with Crippen LogP contribution in [0.25, 0.3) is 0 Å². The molecule has 3 aromatic rings. The zero-order valence-corrected chi connectivity index (χ0v) is 13.1. The topological polar surface area (TPSA) is 53.7 Å². The molecule has 4 rings (SSSR count). The first-order valence-corrected chi connectivity index (χ1v) is 7.95. The average Bonchev–Trinajstić information content (AvgIpc) is 3.15. The summed E-state index contributed by atoms with van der Waals surface area (Å²) in [6, 6.07) is 18.4.